The molecule has 0 unspecified atom stereocenters. The van der Waals surface area contributed by atoms with Crippen molar-refractivity contribution in [3.05, 3.63) is 49.9 Å². The van der Waals surface area contributed by atoms with Gasteiger partial charge in [0.25, 0.3) is 5.91 Å². The van der Waals surface area contributed by atoms with E-state index >= 15 is 0 Å². The van der Waals surface area contributed by atoms with Crippen LogP contribution in [0.5, 0.6) is 0 Å². The largest absolute Gasteiger partial charge is 0.379 e. The van der Waals surface area contributed by atoms with Crippen molar-refractivity contribution < 1.29 is 9.53 Å². The van der Waals surface area contributed by atoms with Gasteiger partial charge in [0.05, 0.1) is 36.0 Å². The van der Waals surface area contributed by atoms with Crippen molar-refractivity contribution in [3.63, 3.8) is 0 Å². The number of carbonyl (C=O) groups is 1. The molecular formula is C16H17Cl2N3O2S. The summed E-state index contributed by atoms with van der Waals surface area (Å²) in [5.74, 6) is -0.235. The molecule has 1 aliphatic heterocycles. The molecule has 1 amide bonds. The van der Waals surface area contributed by atoms with Gasteiger partial charge >= 0.3 is 0 Å². The first kappa shape index (κ1) is 17.6. The van der Waals surface area contributed by atoms with E-state index in [9.17, 15) is 4.79 Å². The van der Waals surface area contributed by atoms with Crippen LogP contribution in [0.25, 0.3) is 0 Å². The summed E-state index contributed by atoms with van der Waals surface area (Å²) < 4.78 is 5.34. The highest BCUT2D eigenvalue weighted by Crippen LogP contribution is 2.21. The predicted octanol–water partition coefficient (Wildman–Crippen LogP) is 3.21. The molecule has 0 atom stereocenters. The zero-order chi connectivity index (χ0) is 16.9. The van der Waals surface area contributed by atoms with Crippen molar-refractivity contribution in [2.24, 2.45) is 0 Å². The van der Waals surface area contributed by atoms with Gasteiger partial charge in [-0.25, -0.2) is 4.98 Å². The molecule has 24 heavy (non-hydrogen) atoms. The topological polar surface area (TPSA) is 54.5 Å². The summed E-state index contributed by atoms with van der Waals surface area (Å²) >= 11 is 13.4. The highest BCUT2D eigenvalue weighted by molar-refractivity contribution is 7.09. The molecule has 5 nitrogen and oxygen atoms in total. The number of morpholine rings is 1. The maximum absolute atomic E-state index is 12.2. The zero-order valence-corrected chi connectivity index (χ0v) is 15.3. The van der Waals surface area contributed by atoms with Gasteiger partial charge in [0.2, 0.25) is 0 Å². The average molecular weight is 386 g/mol. The van der Waals surface area contributed by atoms with Gasteiger partial charge in [0.15, 0.2) is 0 Å². The van der Waals surface area contributed by atoms with Gasteiger partial charge in [0.1, 0.15) is 5.01 Å². The minimum atomic E-state index is -0.235. The van der Waals surface area contributed by atoms with Crippen molar-refractivity contribution in [1.29, 1.82) is 0 Å². The third-order valence-corrected chi connectivity index (χ3v) is 5.11. The van der Waals surface area contributed by atoms with Crippen LogP contribution in [0.3, 0.4) is 0 Å². The molecular weight excluding hydrogens is 369 g/mol. The molecule has 1 aliphatic rings. The minimum absolute atomic E-state index is 0.235. The smallest absolute Gasteiger partial charge is 0.253 e. The van der Waals surface area contributed by atoms with Gasteiger partial charge in [-0.2, -0.15) is 0 Å². The average Bonchev–Trinajstić information content (AvgIpc) is 3.01. The Morgan fingerprint density at radius 1 is 1.33 bits per heavy atom. The van der Waals surface area contributed by atoms with Crippen LogP contribution >= 0.6 is 34.5 Å². The SMILES string of the molecule is O=C(NCc1nc(CN2CCOCC2)cs1)c1ccc(Cl)cc1Cl. The van der Waals surface area contributed by atoms with Crippen molar-refractivity contribution >= 4 is 40.4 Å². The Bertz CT molecular complexity index is 717. The number of rotatable bonds is 5. The molecule has 1 N–H and O–H groups in total. The van der Waals surface area contributed by atoms with E-state index in [1.165, 1.54) is 0 Å². The van der Waals surface area contributed by atoms with E-state index in [1.807, 2.05) is 5.38 Å². The summed E-state index contributed by atoms with van der Waals surface area (Å²) in [5.41, 5.74) is 1.43. The monoisotopic (exact) mass is 385 g/mol. The van der Waals surface area contributed by atoms with E-state index in [0.717, 1.165) is 43.5 Å². The Labute approximate surface area is 154 Å². The molecule has 8 heteroatoms. The zero-order valence-electron chi connectivity index (χ0n) is 12.9. The molecule has 0 spiro atoms. The molecule has 2 aromatic rings. The predicted molar refractivity (Wildman–Crippen MR) is 95.8 cm³/mol. The number of aromatic nitrogens is 1. The number of nitrogens with zero attached hydrogens (tertiary/aromatic N) is 2. The van der Waals surface area contributed by atoms with Gasteiger partial charge in [-0.1, -0.05) is 23.2 Å². The number of hydrogen-bond acceptors (Lipinski definition) is 5. The number of amides is 1. The maximum Gasteiger partial charge on any atom is 0.253 e. The lowest BCUT2D eigenvalue weighted by molar-refractivity contribution is 0.0337. The molecule has 1 saturated heterocycles. The van der Waals surface area contributed by atoms with Gasteiger partial charge in [0, 0.05) is 30.0 Å². The van der Waals surface area contributed by atoms with E-state index in [1.54, 1.807) is 29.5 Å². The third kappa shape index (κ3) is 4.68. The Morgan fingerprint density at radius 3 is 2.88 bits per heavy atom. The molecule has 0 aliphatic carbocycles. The fraction of sp³-hybridized carbons (Fsp3) is 0.375. The van der Waals surface area contributed by atoms with Crippen LogP contribution < -0.4 is 5.32 Å². The second-order valence-electron chi connectivity index (χ2n) is 5.43. The maximum atomic E-state index is 12.2. The van der Waals surface area contributed by atoms with E-state index < -0.39 is 0 Å². The Kier molecular flexibility index (Phi) is 6.08. The van der Waals surface area contributed by atoms with E-state index in [0.29, 0.717) is 22.2 Å². The standard InChI is InChI=1S/C16H17Cl2N3O2S/c17-11-1-2-13(14(18)7-11)16(22)19-8-15-20-12(10-24-15)9-21-3-5-23-6-4-21/h1-2,7,10H,3-6,8-9H2,(H,19,22). The third-order valence-electron chi connectivity index (χ3n) is 3.66. The number of ether oxygens (including phenoxy) is 1. The second kappa shape index (κ2) is 8.27. The van der Waals surface area contributed by atoms with E-state index in [2.05, 4.69) is 15.2 Å². The van der Waals surface area contributed by atoms with Gasteiger partial charge in [-0.3, -0.25) is 9.69 Å². The summed E-state index contributed by atoms with van der Waals surface area (Å²) in [5, 5.41) is 6.59. The van der Waals surface area contributed by atoms with Crippen LogP contribution in [0.1, 0.15) is 21.1 Å². The fourth-order valence-electron chi connectivity index (χ4n) is 2.42. The Hall–Kier alpha value is -1.18. The number of benzene rings is 1. The van der Waals surface area contributed by atoms with Crippen LogP contribution in [-0.4, -0.2) is 42.1 Å². The number of thiazole rings is 1. The van der Waals surface area contributed by atoms with E-state index in [-0.39, 0.29) is 5.91 Å². The van der Waals surface area contributed by atoms with Gasteiger partial charge < -0.3 is 10.1 Å². The molecule has 3 rings (SSSR count). The lowest BCUT2D eigenvalue weighted by Gasteiger charge is -2.25. The lowest BCUT2D eigenvalue weighted by atomic mass is 10.2. The van der Waals surface area contributed by atoms with Crippen molar-refractivity contribution in [1.82, 2.24) is 15.2 Å². The highest BCUT2D eigenvalue weighted by atomic mass is 35.5. The summed E-state index contributed by atoms with van der Waals surface area (Å²) in [4.78, 5) is 19.1. The lowest BCUT2D eigenvalue weighted by Crippen LogP contribution is -2.35. The van der Waals surface area contributed by atoms with Crippen LogP contribution in [0.4, 0.5) is 0 Å². The molecule has 2 heterocycles. The quantitative estimate of drug-likeness (QED) is 0.858. The number of nitrogens with one attached hydrogen (secondary N) is 1. The molecule has 128 valence electrons. The molecule has 0 radical (unpaired) electrons. The van der Waals surface area contributed by atoms with Crippen molar-refractivity contribution in [3.8, 4) is 0 Å². The molecule has 1 fully saturated rings. The molecule has 1 aromatic heterocycles. The summed E-state index contributed by atoms with van der Waals surface area (Å²) in [6.45, 7) is 4.60. The summed E-state index contributed by atoms with van der Waals surface area (Å²) in [6.07, 6.45) is 0. The fourth-order valence-corrected chi connectivity index (χ4v) is 3.63. The van der Waals surface area contributed by atoms with E-state index in [4.69, 9.17) is 27.9 Å². The van der Waals surface area contributed by atoms with Crippen LogP contribution in [0, 0.1) is 0 Å². The molecule has 0 bridgehead atoms. The highest BCUT2D eigenvalue weighted by Gasteiger charge is 2.14. The number of hydrogen-bond donors (Lipinski definition) is 1. The summed E-state index contributed by atoms with van der Waals surface area (Å²) in [6, 6.07) is 4.82. The van der Waals surface area contributed by atoms with Crippen molar-refractivity contribution in [2.75, 3.05) is 26.3 Å². The first-order valence-electron chi connectivity index (χ1n) is 7.58. The molecule has 0 saturated carbocycles. The van der Waals surface area contributed by atoms with Crippen LogP contribution in [0.2, 0.25) is 10.0 Å². The van der Waals surface area contributed by atoms with Gasteiger partial charge in [-0.05, 0) is 18.2 Å². The second-order valence-corrected chi connectivity index (χ2v) is 7.21. The summed E-state index contributed by atoms with van der Waals surface area (Å²) in [7, 11) is 0. The van der Waals surface area contributed by atoms with Gasteiger partial charge in [-0.15, -0.1) is 11.3 Å². The molecule has 1 aromatic carbocycles. The first-order valence-corrected chi connectivity index (χ1v) is 9.22. The normalized spacial score (nSPS) is 15.4. The number of carbonyl (C=O) groups excluding carboxylic acids is 1. The van der Waals surface area contributed by atoms with Crippen LogP contribution in [0.15, 0.2) is 23.6 Å². The Morgan fingerprint density at radius 2 is 2.12 bits per heavy atom. The Balaban J connectivity index is 1.54. The number of halogens is 2. The van der Waals surface area contributed by atoms with Crippen molar-refractivity contribution in [2.45, 2.75) is 13.1 Å². The van der Waals surface area contributed by atoms with Crippen LogP contribution in [-0.2, 0) is 17.8 Å². The first-order chi connectivity index (χ1) is 11.6. The minimum Gasteiger partial charge on any atom is -0.379 e.